The number of benzene rings is 11. The molecule has 4 aromatic heterocycles. The van der Waals surface area contributed by atoms with Gasteiger partial charge in [-0.05, 0) is 94.0 Å². The van der Waals surface area contributed by atoms with E-state index in [4.69, 9.17) is 19.9 Å². The predicted octanol–water partition coefficient (Wildman–Crippen LogP) is 19.7. The molecule has 0 aliphatic carbocycles. The summed E-state index contributed by atoms with van der Waals surface area (Å²) in [5.41, 5.74) is 15.1. The Balaban J connectivity index is 0.000000141. The van der Waals surface area contributed by atoms with E-state index in [2.05, 4.69) is 218 Å². The van der Waals surface area contributed by atoms with Gasteiger partial charge in [-0.15, -0.1) is 22.7 Å². The lowest BCUT2D eigenvalue weighted by Gasteiger charge is -2.12. The van der Waals surface area contributed by atoms with Crippen molar-refractivity contribution >= 4 is 84.8 Å². The lowest BCUT2D eigenvalue weighted by Crippen LogP contribution is -1.95. The fourth-order valence-corrected chi connectivity index (χ4v) is 12.5. The number of hydrogen-bond donors (Lipinski definition) is 0. The predicted molar refractivity (Wildman–Crippen MR) is 323 cm³/mol. The average molecular weight is 1010 g/mol. The molecule has 0 fully saturated rings. The van der Waals surface area contributed by atoms with Crippen LogP contribution >= 0.6 is 22.7 Å². The molecule has 0 N–H and O–H groups in total. The van der Waals surface area contributed by atoms with Crippen molar-refractivity contribution in [3.63, 3.8) is 0 Å². The highest BCUT2D eigenvalue weighted by atomic mass is 32.1. The van der Waals surface area contributed by atoms with Crippen molar-refractivity contribution in [2.24, 2.45) is 0 Å². The van der Waals surface area contributed by atoms with Crippen molar-refractivity contribution < 1.29 is 0 Å². The molecule has 4 nitrogen and oxygen atoms in total. The van der Waals surface area contributed by atoms with Crippen LogP contribution in [-0.4, -0.2) is 19.9 Å². The number of fused-ring (bicyclic) bond motifs is 8. The standard InChI is InChI=1S/C38H24N2S.C32H20N2S/c1-3-9-27(10-4-1)37-33-24-29(19-21-34(33)39-38(40-37)28-11-5-2-6-12-28)25-15-17-26(18-16-25)30-20-22-36-32(23-30)31-13-7-8-14-35(31)41-36;1-3-9-21(10-4-1)31-26-17-15-24(20-28(26)33-32(34-31)22-11-5-2-6-12-22)23-16-18-30-27(19-23)25-13-7-8-14-29(25)35-30/h1-24H;1-20H. The summed E-state index contributed by atoms with van der Waals surface area (Å²) in [5, 5.41) is 7.38. The van der Waals surface area contributed by atoms with Gasteiger partial charge in [-0.1, -0.05) is 206 Å². The molecule has 0 unspecified atom stereocenters. The summed E-state index contributed by atoms with van der Waals surface area (Å²) in [6, 6.07) is 94.0. The Labute approximate surface area is 447 Å². The Bertz CT molecular complexity index is 4610. The van der Waals surface area contributed by atoms with E-state index >= 15 is 0 Å². The van der Waals surface area contributed by atoms with Gasteiger partial charge in [0, 0.05) is 73.4 Å². The molecular formula is C70H44N4S2. The van der Waals surface area contributed by atoms with Gasteiger partial charge in [0.15, 0.2) is 11.6 Å². The molecular weight excluding hydrogens is 961 g/mol. The molecule has 4 heterocycles. The summed E-state index contributed by atoms with van der Waals surface area (Å²) in [4.78, 5) is 20.0. The first kappa shape index (κ1) is 45.2. The van der Waals surface area contributed by atoms with Crippen LogP contribution in [0.4, 0.5) is 0 Å². The molecule has 0 aliphatic heterocycles. The van der Waals surface area contributed by atoms with Gasteiger partial charge in [0.25, 0.3) is 0 Å². The lowest BCUT2D eigenvalue weighted by molar-refractivity contribution is 1.23. The second kappa shape index (κ2) is 19.4. The van der Waals surface area contributed by atoms with E-state index in [1.165, 1.54) is 62.6 Å². The highest BCUT2D eigenvalue weighted by Crippen LogP contribution is 2.40. The van der Waals surface area contributed by atoms with Crippen LogP contribution in [0.5, 0.6) is 0 Å². The zero-order valence-corrected chi connectivity index (χ0v) is 42.6. The van der Waals surface area contributed by atoms with Crippen LogP contribution in [0.15, 0.2) is 267 Å². The van der Waals surface area contributed by atoms with Gasteiger partial charge < -0.3 is 0 Å². The molecule has 0 saturated heterocycles. The summed E-state index contributed by atoms with van der Waals surface area (Å²) in [6.45, 7) is 0. The molecule has 0 aliphatic rings. The number of thiophene rings is 2. The Morgan fingerprint density at radius 2 is 0.553 bits per heavy atom. The zero-order chi connectivity index (χ0) is 50.4. The third kappa shape index (κ3) is 8.55. The van der Waals surface area contributed by atoms with Crippen molar-refractivity contribution in [2.45, 2.75) is 0 Å². The zero-order valence-electron chi connectivity index (χ0n) is 41.0. The van der Waals surface area contributed by atoms with Gasteiger partial charge in [-0.3, -0.25) is 0 Å². The molecule has 0 atom stereocenters. The fraction of sp³-hybridized carbons (Fsp3) is 0. The Morgan fingerprint density at radius 3 is 1.07 bits per heavy atom. The van der Waals surface area contributed by atoms with Crippen LogP contribution in [0.2, 0.25) is 0 Å². The van der Waals surface area contributed by atoms with E-state index in [1.807, 2.05) is 71.2 Å². The van der Waals surface area contributed by atoms with Crippen LogP contribution < -0.4 is 0 Å². The van der Waals surface area contributed by atoms with Crippen molar-refractivity contribution in [3.8, 4) is 78.7 Å². The Morgan fingerprint density at radius 1 is 0.197 bits per heavy atom. The second-order valence-corrected chi connectivity index (χ2v) is 21.1. The van der Waals surface area contributed by atoms with Crippen LogP contribution in [0, 0.1) is 0 Å². The molecule has 356 valence electrons. The van der Waals surface area contributed by atoms with Crippen molar-refractivity contribution in [1.82, 2.24) is 19.9 Å². The summed E-state index contributed by atoms with van der Waals surface area (Å²) in [7, 11) is 0. The third-order valence-corrected chi connectivity index (χ3v) is 16.5. The van der Waals surface area contributed by atoms with Crippen LogP contribution in [-0.2, 0) is 0 Å². The molecule has 76 heavy (non-hydrogen) atoms. The number of nitrogens with zero attached hydrogens (tertiary/aromatic N) is 4. The monoisotopic (exact) mass is 1000 g/mol. The average Bonchev–Trinajstić information content (AvgIpc) is 4.10. The first-order valence-corrected chi connectivity index (χ1v) is 27.1. The normalized spacial score (nSPS) is 11.4. The van der Waals surface area contributed by atoms with Crippen molar-refractivity contribution in [2.75, 3.05) is 0 Å². The van der Waals surface area contributed by atoms with Crippen LogP contribution in [0.1, 0.15) is 0 Å². The molecule has 0 amide bonds. The molecule has 15 aromatic rings. The molecule has 0 radical (unpaired) electrons. The maximum Gasteiger partial charge on any atom is 0.160 e. The summed E-state index contributed by atoms with van der Waals surface area (Å²) in [6.07, 6.45) is 0. The van der Waals surface area contributed by atoms with Crippen LogP contribution in [0.3, 0.4) is 0 Å². The smallest absolute Gasteiger partial charge is 0.160 e. The minimum atomic E-state index is 0.740. The van der Waals surface area contributed by atoms with Gasteiger partial charge in [0.05, 0.1) is 22.4 Å². The Kier molecular flexibility index (Phi) is 11.5. The summed E-state index contributed by atoms with van der Waals surface area (Å²) in [5.74, 6) is 1.48. The van der Waals surface area contributed by atoms with Gasteiger partial charge in [-0.2, -0.15) is 0 Å². The fourth-order valence-electron chi connectivity index (χ4n) is 10.3. The first-order valence-electron chi connectivity index (χ1n) is 25.4. The molecule has 0 saturated carbocycles. The molecule has 15 rings (SSSR count). The minimum Gasteiger partial charge on any atom is -0.228 e. The Hall–Kier alpha value is -9.46. The van der Waals surface area contributed by atoms with E-state index in [9.17, 15) is 0 Å². The summed E-state index contributed by atoms with van der Waals surface area (Å²) >= 11 is 3.70. The number of hydrogen-bond acceptors (Lipinski definition) is 6. The molecule has 0 spiro atoms. The highest BCUT2D eigenvalue weighted by molar-refractivity contribution is 7.26. The number of aromatic nitrogens is 4. The first-order chi connectivity index (χ1) is 37.6. The quantitative estimate of drug-likeness (QED) is 0.160. The summed E-state index contributed by atoms with van der Waals surface area (Å²) < 4.78 is 5.30. The van der Waals surface area contributed by atoms with E-state index in [0.29, 0.717) is 0 Å². The molecule has 11 aromatic carbocycles. The van der Waals surface area contributed by atoms with Gasteiger partial charge in [0.2, 0.25) is 0 Å². The van der Waals surface area contributed by atoms with Gasteiger partial charge in [0.1, 0.15) is 0 Å². The number of rotatable bonds is 7. The van der Waals surface area contributed by atoms with E-state index < -0.39 is 0 Å². The third-order valence-electron chi connectivity index (χ3n) is 14.2. The largest absolute Gasteiger partial charge is 0.228 e. The minimum absolute atomic E-state index is 0.740. The molecule has 0 bridgehead atoms. The van der Waals surface area contributed by atoms with Crippen molar-refractivity contribution in [3.05, 3.63) is 267 Å². The highest BCUT2D eigenvalue weighted by Gasteiger charge is 2.16. The van der Waals surface area contributed by atoms with E-state index in [-0.39, 0.29) is 0 Å². The van der Waals surface area contributed by atoms with Crippen LogP contribution in [0.25, 0.3) is 141 Å². The SMILES string of the molecule is c1ccc(-c2nc(-c3ccccc3)c3cc(-c4ccc(-c5ccc6sc7ccccc7c6c5)cc4)ccc3n2)cc1.c1ccc(-c2nc(-c3ccccc3)c3ccc(-c4ccc5sc6ccccc6c5c4)cc3n2)cc1. The van der Waals surface area contributed by atoms with E-state index in [1.54, 1.807) is 0 Å². The van der Waals surface area contributed by atoms with Gasteiger partial charge in [-0.25, -0.2) is 19.9 Å². The lowest BCUT2D eigenvalue weighted by atomic mass is 9.97. The maximum atomic E-state index is 5.06. The van der Waals surface area contributed by atoms with Crippen molar-refractivity contribution in [1.29, 1.82) is 0 Å². The topological polar surface area (TPSA) is 51.6 Å². The second-order valence-electron chi connectivity index (χ2n) is 18.9. The van der Waals surface area contributed by atoms with Gasteiger partial charge >= 0.3 is 0 Å². The maximum absolute atomic E-state index is 5.06. The van der Waals surface area contributed by atoms with E-state index in [0.717, 1.165) is 78.2 Å². The molecule has 6 heteroatoms.